The highest BCUT2D eigenvalue weighted by Gasteiger charge is 2.24. The highest BCUT2D eigenvalue weighted by molar-refractivity contribution is 5.25. The normalized spacial score (nSPS) is 21.2. The summed E-state index contributed by atoms with van der Waals surface area (Å²) in [5.74, 6) is 0.686. The highest BCUT2D eigenvalue weighted by Crippen LogP contribution is 2.22. The molecule has 0 radical (unpaired) electrons. The number of pyridine rings is 1. The van der Waals surface area contributed by atoms with Gasteiger partial charge in [0.2, 0.25) is 5.88 Å². The number of hydrogen-bond donors (Lipinski definition) is 1. The number of ether oxygens (including phenoxy) is 1. The van der Waals surface area contributed by atoms with Crippen molar-refractivity contribution < 1.29 is 9.84 Å². The van der Waals surface area contributed by atoms with Crippen LogP contribution >= 0.6 is 0 Å². The second-order valence-corrected chi connectivity index (χ2v) is 4.12. The molecule has 0 saturated carbocycles. The first-order chi connectivity index (χ1) is 7.85. The van der Waals surface area contributed by atoms with Crippen LogP contribution in [-0.4, -0.2) is 41.3 Å². The first-order valence-corrected chi connectivity index (χ1v) is 5.68. The van der Waals surface area contributed by atoms with Crippen LogP contribution in [0, 0.1) is 0 Å². The van der Waals surface area contributed by atoms with Crippen molar-refractivity contribution in [2.75, 3.05) is 20.3 Å². The standard InChI is InChI=1S/C12H18N2O2/c1-16-12-10(4-2-6-13-12)8-14-7-3-5-11(14)9-15/h2,4,6,11,15H,3,5,7-9H2,1H3/t11-/m0/s1. The fourth-order valence-electron chi connectivity index (χ4n) is 2.26. The third-order valence-electron chi connectivity index (χ3n) is 3.13. The number of aliphatic hydroxyl groups is 1. The van der Waals surface area contributed by atoms with E-state index >= 15 is 0 Å². The number of aromatic nitrogens is 1. The minimum absolute atomic E-state index is 0.239. The Bertz CT molecular complexity index is 344. The zero-order chi connectivity index (χ0) is 11.4. The van der Waals surface area contributed by atoms with Gasteiger partial charge in [-0.3, -0.25) is 4.90 Å². The van der Waals surface area contributed by atoms with Crippen LogP contribution in [0.25, 0.3) is 0 Å². The Kier molecular flexibility index (Phi) is 3.74. The molecule has 1 aliphatic rings. The predicted molar refractivity (Wildman–Crippen MR) is 61.3 cm³/mol. The van der Waals surface area contributed by atoms with Gasteiger partial charge in [0.25, 0.3) is 0 Å². The predicted octanol–water partition coefficient (Wildman–Crippen LogP) is 1.05. The molecule has 0 aromatic carbocycles. The molecule has 1 aliphatic heterocycles. The van der Waals surface area contributed by atoms with E-state index in [1.807, 2.05) is 12.1 Å². The number of rotatable bonds is 4. The van der Waals surface area contributed by atoms with Crippen molar-refractivity contribution in [1.29, 1.82) is 0 Å². The second kappa shape index (κ2) is 5.27. The monoisotopic (exact) mass is 222 g/mol. The summed E-state index contributed by atoms with van der Waals surface area (Å²) < 4.78 is 5.22. The molecule has 4 nitrogen and oxygen atoms in total. The van der Waals surface area contributed by atoms with E-state index in [1.165, 1.54) is 0 Å². The quantitative estimate of drug-likeness (QED) is 0.827. The molecule has 1 fully saturated rings. The SMILES string of the molecule is COc1ncccc1CN1CCC[C@H]1CO. The molecule has 1 aromatic heterocycles. The van der Waals surface area contributed by atoms with Crippen LogP contribution in [0.3, 0.4) is 0 Å². The van der Waals surface area contributed by atoms with Gasteiger partial charge < -0.3 is 9.84 Å². The van der Waals surface area contributed by atoms with E-state index in [9.17, 15) is 5.11 Å². The van der Waals surface area contributed by atoms with Crippen LogP contribution in [-0.2, 0) is 6.54 Å². The fourth-order valence-corrected chi connectivity index (χ4v) is 2.26. The average molecular weight is 222 g/mol. The molecule has 0 unspecified atom stereocenters. The van der Waals surface area contributed by atoms with Crippen molar-refractivity contribution in [3.05, 3.63) is 23.9 Å². The number of aliphatic hydroxyl groups excluding tert-OH is 1. The van der Waals surface area contributed by atoms with Crippen LogP contribution in [0.2, 0.25) is 0 Å². The summed E-state index contributed by atoms with van der Waals surface area (Å²) in [6, 6.07) is 4.24. The molecule has 1 saturated heterocycles. The van der Waals surface area contributed by atoms with E-state index in [1.54, 1.807) is 13.3 Å². The van der Waals surface area contributed by atoms with E-state index in [0.29, 0.717) is 11.9 Å². The van der Waals surface area contributed by atoms with Crippen molar-refractivity contribution in [2.24, 2.45) is 0 Å². The lowest BCUT2D eigenvalue weighted by Gasteiger charge is -2.23. The van der Waals surface area contributed by atoms with E-state index in [2.05, 4.69) is 9.88 Å². The van der Waals surface area contributed by atoms with E-state index in [-0.39, 0.29) is 6.61 Å². The summed E-state index contributed by atoms with van der Waals surface area (Å²) in [5.41, 5.74) is 1.09. The van der Waals surface area contributed by atoms with Crippen LogP contribution in [0.4, 0.5) is 0 Å². The molecule has 2 rings (SSSR count). The molecular formula is C12H18N2O2. The summed E-state index contributed by atoms with van der Waals surface area (Å²) >= 11 is 0. The van der Waals surface area contributed by atoms with Crippen molar-refractivity contribution in [3.63, 3.8) is 0 Å². The summed E-state index contributed by atoms with van der Waals surface area (Å²) in [5, 5.41) is 9.25. The van der Waals surface area contributed by atoms with Crippen LogP contribution < -0.4 is 4.74 Å². The maximum atomic E-state index is 9.25. The third-order valence-corrected chi connectivity index (χ3v) is 3.13. The minimum atomic E-state index is 0.239. The van der Waals surface area contributed by atoms with Gasteiger partial charge >= 0.3 is 0 Å². The van der Waals surface area contributed by atoms with Gasteiger partial charge in [0.15, 0.2) is 0 Å². The lowest BCUT2D eigenvalue weighted by atomic mass is 10.2. The van der Waals surface area contributed by atoms with Gasteiger partial charge in [-0.25, -0.2) is 4.98 Å². The van der Waals surface area contributed by atoms with Crippen molar-refractivity contribution in [3.8, 4) is 5.88 Å². The van der Waals surface area contributed by atoms with E-state index < -0.39 is 0 Å². The molecule has 1 N–H and O–H groups in total. The lowest BCUT2D eigenvalue weighted by Crippen LogP contribution is -2.31. The third kappa shape index (κ3) is 2.33. The number of hydrogen-bond acceptors (Lipinski definition) is 4. The van der Waals surface area contributed by atoms with Crippen LogP contribution in [0.15, 0.2) is 18.3 Å². The Morgan fingerprint density at radius 1 is 1.62 bits per heavy atom. The minimum Gasteiger partial charge on any atom is -0.481 e. The average Bonchev–Trinajstić information content (AvgIpc) is 2.77. The molecule has 1 aromatic rings. The maximum absolute atomic E-state index is 9.25. The topological polar surface area (TPSA) is 45.6 Å². The lowest BCUT2D eigenvalue weighted by molar-refractivity contribution is 0.152. The molecule has 4 heteroatoms. The number of likely N-dealkylation sites (tertiary alicyclic amines) is 1. The Balaban J connectivity index is 2.08. The number of methoxy groups -OCH3 is 1. The maximum Gasteiger partial charge on any atom is 0.217 e. The highest BCUT2D eigenvalue weighted by atomic mass is 16.5. The molecule has 0 bridgehead atoms. The Morgan fingerprint density at radius 3 is 3.25 bits per heavy atom. The Labute approximate surface area is 95.9 Å². The summed E-state index contributed by atoms with van der Waals surface area (Å²) in [4.78, 5) is 6.47. The van der Waals surface area contributed by atoms with Gasteiger partial charge in [-0.1, -0.05) is 6.07 Å². The molecule has 2 heterocycles. The smallest absolute Gasteiger partial charge is 0.217 e. The largest absolute Gasteiger partial charge is 0.481 e. The number of nitrogens with zero attached hydrogens (tertiary/aromatic N) is 2. The molecule has 1 atom stereocenters. The summed E-state index contributed by atoms with van der Waals surface area (Å²) in [6.45, 7) is 2.09. The van der Waals surface area contributed by atoms with Gasteiger partial charge in [0.05, 0.1) is 13.7 Å². The molecule has 16 heavy (non-hydrogen) atoms. The molecule has 0 amide bonds. The van der Waals surface area contributed by atoms with Crippen molar-refractivity contribution in [2.45, 2.75) is 25.4 Å². The van der Waals surface area contributed by atoms with Gasteiger partial charge in [0, 0.05) is 24.3 Å². The molecule has 88 valence electrons. The molecule has 0 aliphatic carbocycles. The fraction of sp³-hybridized carbons (Fsp3) is 0.583. The molecular weight excluding hydrogens is 204 g/mol. The van der Waals surface area contributed by atoms with Gasteiger partial charge in [-0.05, 0) is 25.5 Å². The molecule has 0 spiro atoms. The summed E-state index contributed by atoms with van der Waals surface area (Å²) in [6.07, 6.45) is 3.97. The van der Waals surface area contributed by atoms with E-state index in [4.69, 9.17) is 4.74 Å². The first kappa shape index (κ1) is 11.4. The second-order valence-electron chi connectivity index (χ2n) is 4.12. The van der Waals surface area contributed by atoms with Gasteiger partial charge in [-0.2, -0.15) is 0 Å². The van der Waals surface area contributed by atoms with Gasteiger partial charge in [0.1, 0.15) is 0 Å². The van der Waals surface area contributed by atoms with E-state index in [0.717, 1.165) is 31.5 Å². The zero-order valence-electron chi connectivity index (χ0n) is 9.59. The Hall–Kier alpha value is -1.13. The first-order valence-electron chi connectivity index (χ1n) is 5.68. The Morgan fingerprint density at radius 2 is 2.50 bits per heavy atom. The summed E-state index contributed by atoms with van der Waals surface area (Å²) in [7, 11) is 1.64. The van der Waals surface area contributed by atoms with Gasteiger partial charge in [-0.15, -0.1) is 0 Å². The van der Waals surface area contributed by atoms with Crippen molar-refractivity contribution in [1.82, 2.24) is 9.88 Å². The van der Waals surface area contributed by atoms with Crippen molar-refractivity contribution >= 4 is 0 Å². The zero-order valence-corrected chi connectivity index (χ0v) is 9.59. The van der Waals surface area contributed by atoms with Crippen LogP contribution in [0.5, 0.6) is 5.88 Å². The van der Waals surface area contributed by atoms with Crippen LogP contribution in [0.1, 0.15) is 18.4 Å².